The zero-order valence-electron chi connectivity index (χ0n) is 9.16. The summed E-state index contributed by atoms with van der Waals surface area (Å²) < 4.78 is 5.00. The van der Waals surface area contributed by atoms with Crippen LogP contribution in [0.1, 0.15) is 26.7 Å². The first kappa shape index (κ1) is 10.4. The van der Waals surface area contributed by atoms with Crippen LogP contribution in [0, 0.1) is 17.3 Å². The van der Waals surface area contributed by atoms with E-state index < -0.39 is 5.41 Å². The second kappa shape index (κ2) is 3.47. The Labute approximate surface area is 89.5 Å². The normalized spacial score (nSPS) is 38.1. The fraction of sp³-hybridized carbons (Fsp3) is 0.667. The van der Waals surface area contributed by atoms with E-state index in [4.69, 9.17) is 4.74 Å². The molecule has 3 atom stereocenters. The van der Waals surface area contributed by atoms with Crippen LogP contribution in [0.5, 0.6) is 0 Å². The summed E-state index contributed by atoms with van der Waals surface area (Å²) in [6.07, 6.45) is 5.18. The lowest BCUT2D eigenvalue weighted by Crippen LogP contribution is -2.40. The predicted molar refractivity (Wildman–Crippen MR) is 55.1 cm³/mol. The van der Waals surface area contributed by atoms with Crippen LogP contribution in [0.4, 0.5) is 0 Å². The average Bonchev–Trinajstić information content (AvgIpc) is 2.42. The number of fused-ring (bicyclic) bond motifs is 2. The van der Waals surface area contributed by atoms with Gasteiger partial charge in [-0.2, -0.15) is 0 Å². The molecule has 0 radical (unpaired) electrons. The number of hydrogen-bond acceptors (Lipinski definition) is 3. The van der Waals surface area contributed by atoms with Crippen molar-refractivity contribution >= 4 is 11.8 Å². The van der Waals surface area contributed by atoms with Gasteiger partial charge in [-0.15, -0.1) is 0 Å². The molecule has 82 valence electrons. The molecule has 2 rings (SSSR count). The second-order valence-corrected chi connectivity index (χ2v) is 4.42. The van der Waals surface area contributed by atoms with E-state index in [1.54, 1.807) is 13.0 Å². The van der Waals surface area contributed by atoms with Gasteiger partial charge >= 0.3 is 5.97 Å². The Kier molecular flexibility index (Phi) is 2.41. The molecule has 1 fully saturated rings. The van der Waals surface area contributed by atoms with E-state index in [1.165, 1.54) is 0 Å². The summed E-state index contributed by atoms with van der Waals surface area (Å²) in [7, 11) is 0. The van der Waals surface area contributed by atoms with Gasteiger partial charge in [-0.25, -0.2) is 0 Å². The van der Waals surface area contributed by atoms with Gasteiger partial charge in [0.1, 0.15) is 5.41 Å². The van der Waals surface area contributed by atoms with Crippen LogP contribution in [-0.4, -0.2) is 18.4 Å². The summed E-state index contributed by atoms with van der Waals surface area (Å²) in [5.41, 5.74) is -0.937. The molecule has 0 heterocycles. The van der Waals surface area contributed by atoms with Gasteiger partial charge in [0.05, 0.1) is 6.61 Å². The van der Waals surface area contributed by atoms with Gasteiger partial charge in [0.2, 0.25) is 0 Å². The van der Waals surface area contributed by atoms with Crippen molar-refractivity contribution in [3.8, 4) is 0 Å². The molecule has 0 N–H and O–H groups in total. The van der Waals surface area contributed by atoms with Crippen molar-refractivity contribution in [3.05, 3.63) is 12.2 Å². The highest BCUT2D eigenvalue weighted by Gasteiger charge is 2.55. The molecule has 0 saturated heterocycles. The quantitative estimate of drug-likeness (QED) is 0.394. The van der Waals surface area contributed by atoms with Crippen molar-refractivity contribution in [1.29, 1.82) is 0 Å². The van der Waals surface area contributed by atoms with Gasteiger partial charge in [-0.3, -0.25) is 9.59 Å². The highest BCUT2D eigenvalue weighted by molar-refractivity contribution is 6.09. The highest BCUT2D eigenvalue weighted by atomic mass is 16.5. The molecular weight excluding hydrogens is 192 g/mol. The molecule has 2 bridgehead atoms. The third kappa shape index (κ3) is 1.33. The van der Waals surface area contributed by atoms with E-state index in [-0.39, 0.29) is 23.6 Å². The second-order valence-electron chi connectivity index (χ2n) is 4.42. The minimum atomic E-state index is -0.937. The Balaban J connectivity index is 2.32. The first-order valence-electron chi connectivity index (χ1n) is 5.52. The fourth-order valence-corrected chi connectivity index (χ4v) is 2.62. The van der Waals surface area contributed by atoms with Crippen LogP contribution in [0.25, 0.3) is 0 Å². The molecule has 2 aliphatic rings. The van der Waals surface area contributed by atoms with Gasteiger partial charge < -0.3 is 4.74 Å². The Morgan fingerprint density at radius 2 is 2.40 bits per heavy atom. The topological polar surface area (TPSA) is 43.4 Å². The molecule has 0 aromatic heterocycles. The third-order valence-corrected chi connectivity index (χ3v) is 3.58. The maximum absolute atomic E-state index is 12.1. The molecule has 0 aromatic rings. The van der Waals surface area contributed by atoms with Gasteiger partial charge in [-0.05, 0) is 25.7 Å². The van der Waals surface area contributed by atoms with Crippen LogP contribution in [0.3, 0.4) is 0 Å². The molecular formula is C12H16O3. The number of carbonyl (C=O) groups is 2. The molecule has 0 amide bonds. The standard InChI is InChI=1S/C12H16O3/c1-3-15-11(14)12-6-4-8(2)9(5-7-12)10(12)13/h4,6,8-9H,3,5,7H2,1-2H3/t8-,9+,12-/m0/s1. The van der Waals surface area contributed by atoms with Crippen molar-refractivity contribution < 1.29 is 14.3 Å². The van der Waals surface area contributed by atoms with Crippen LogP contribution >= 0.6 is 0 Å². The van der Waals surface area contributed by atoms with Crippen LogP contribution in [-0.2, 0) is 14.3 Å². The monoisotopic (exact) mass is 208 g/mol. The van der Waals surface area contributed by atoms with E-state index in [0.717, 1.165) is 6.42 Å². The Morgan fingerprint density at radius 1 is 1.67 bits per heavy atom. The lowest BCUT2D eigenvalue weighted by molar-refractivity contribution is -0.156. The molecule has 1 saturated carbocycles. The van der Waals surface area contributed by atoms with Gasteiger partial charge in [0.15, 0.2) is 5.78 Å². The smallest absolute Gasteiger partial charge is 0.323 e. The first-order valence-corrected chi connectivity index (χ1v) is 5.52. The van der Waals surface area contributed by atoms with Crippen LogP contribution in [0.15, 0.2) is 12.2 Å². The lowest BCUT2D eigenvalue weighted by atomic mass is 9.76. The summed E-state index contributed by atoms with van der Waals surface area (Å²) in [4.78, 5) is 23.9. The maximum Gasteiger partial charge on any atom is 0.323 e. The molecule has 15 heavy (non-hydrogen) atoms. The predicted octanol–water partition coefficient (Wildman–Crippen LogP) is 1.72. The minimum absolute atomic E-state index is 0.0272. The van der Waals surface area contributed by atoms with Gasteiger partial charge in [-0.1, -0.05) is 19.1 Å². The van der Waals surface area contributed by atoms with Crippen molar-refractivity contribution in [2.24, 2.45) is 17.3 Å². The molecule has 0 unspecified atom stereocenters. The third-order valence-electron chi connectivity index (χ3n) is 3.58. The Hall–Kier alpha value is -1.12. The molecule has 0 aromatic carbocycles. The summed E-state index contributed by atoms with van der Waals surface area (Å²) in [5.74, 6) is -0.00134. The number of ether oxygens (including phenoxy) is 1. The number of esters is 1. The summed E-state index contributed by atoms with van der Waals surface area (Å²) in [5, 5.41) is 0. The fourth-order valence-electron chi connectivity index (χ4n) is 2.62. The number of Topliss-reactive ketones (excluding diaryl/α,β-unsaturated/α-hetero) is 1. The van der Waals surface area contributed by atoms with E-state index in [0.29, 0.717) is 13.0 Å². The number of rotatable bonds is 2. The molecule has 3 nitrogen and oxygen atoms in total. The van der Waals surface area contributed by atoms with Crippen molar-refractivity contribution in [2.75, 3.05) is 6.61 Å². The van der Waals surface area contributed by atoms with E-state index in [1.807, 2.05) is 13.0 Å². The van der Waals surface area contributed by atoms with Crippen LogP contribution in [0.2, 0.25) is 0 Å². The lowest BCUT2D eigenvalue weighted by Gasteiger charge is -2.27. The SMILES string of the molecule is CCOC(=O)[C@@]12C=C[C@H](C)[C@@H](CC1)C2=O. The maximum atomic E-state index is 12.1. The summed E-state index contributed by atoms with van der Waals surface area (Å²) in [6, 6.07) is 0. The zero-order chi connectivity index (χ0) is 11.1. The Morgan fingerprint density at radius 3 is 3.07 bits per heavy atom. The minimum Gasteiger partial charge on any atom is -0.465 e. The Bertz CT molecular complexity index is 332. The van der Waals surface area contributed by atoms with Crippen molar-refractivity contribution in [3.63, 3.8) is 0 Å². The number of ketones is 1. The largest absolute Gasteiger partial charge is 0.465 e. The van der Waals surface area contributed by atoms with Gasteiger partial charge in [0.25, 0.3) is 0 Å². The average molecular weight is 208 g/mol. The molecule has 2 aliphatic carbocycles. The molecule has 3 heteroatoms. The van der Waals surface area contributed by atoms with Crippen molar-refractivity contribution in [1.82, 2.24) is 0 Å². The van der Waals surface area contributed by atoms with Crippen LogP contribution < -0.4 is 0 Å². The molecule has 0 aliphatic heterocycles. The highest BCUT2D eigenvalue weighted by Crippen LogP contribution is 2.47. The van der Waals surface area contributed by atoms with E-state index >= 15 is 0 Å². The van der Waals surface area contributed by atoms with E-state index in [9.17, 15) is 9.59 Å². The zero-order valence-corrected chi connectivity index (χ0v) is 9.16. The van der Waals surface area contributed by atoms with Gasteiger partial charge in [0, 0.05) is 5.92 Å². The molecule has 0 spiro atoms. The first-order chi connectivity index (χ1) is 7.12. The summed E-state index contributed by atoms with van der Waals surface area (Å²) >= 11 is 0. The van der Waals surface area contributed by atoms with E-state index in [2.05, 4.69) is 0 Å². The van der Waals surface area contributed by atoms with Crippen molar-refractivity contribution in [2.45, 2.75) is 26.7 Å². The number of hydrogen-bond donors (Lipinski definition) is 0. The number of allylic oxidation sites excluding steroid dienone is 1. The summed E-state index contributed by atoms with van der Waals surface area (Å²) in [6.45, 7) is 4.13. The number of carbonyl (C=O) groups excluding carboxylic acids is 2.